The quantitative estimate of drug-likeness (QED) is 0.565. The Hall–Kier alpha value is -0.317. The summed E-state index contributed by atoms with van der Waals surface area (Å²) in [6.07, 6.45) is 4.48. The second-order valence-electron chi connectivity index (χ2n) is 3.91. The molecule has 4 atom stereocenters. The SMILES string of the molecule is C=CC(C)O.C=CC(C)O.C=CC(C)O.C=CC(C)O.[Zr]. The van der Waals surface area contributed by atoms with Crippen molar-refractivity contribution in [2.45, 2.75) is 52.1 Å². The van der Waals surface area contributed by atoms with Crippen molar-refractivity contribution >= 4 is 0 Å². The van der Waals surface area contributed by atoms with E-state index < -0.39 is 0 Å². The van der Waals surface area contributed by atoms with Crippen molar-refractivity contribution in [3.8, 4) is 0 Å². The van der Waals surface area contributed by atoms with Gasteiger partial charge in [-0.15, -0.1) is 26.3 Å². The van der Waals surface area contributed by atoms with E-state index in [9.17, 15) is 0 Å². The van der Waals surface area contributed by atoms with Crippen LogP contribution < -0.4 is 0 Å². The number of aliphatic hydroxyl groups excluding tert-OH is 4. The summed E-state index contributed by atoms with van der Waals surface area (Å²) in [5.74, 6) is 0. The summed E-state index contributed by atoms with van der Waals surface area (Å²) in [5, 5.41) is 33.0. The molecule has 0 bridgehead atoms. The average Bonchev–Trinajstić information content (AvgIpc) is 2.40. The third kappa shape index (κ3) is 104. The zero-order valence-corrected chi connectivity index (χ0v) is 16.2. The largest absolute Gasteiger partial charge is 0.389 e. The molecule has 0 spiro atoms. The van der Waals surface area contributed by atoms with Crippen molar-refractivity contribution in [2.24, 2.45) is 0 Å². The van der Waals surface area contributed by atoms with Crippen molar-refractivity contribution in [3.63, 3.8) is 0 Å². The fourth-order valence-electron chi connectivity index (χ4n) is 0. The van der Waals surface area contributed by atoms with Gasteiger partial charge in [0.25, 0.3) is 0 Å². The third-order valence-electron chi connectivity index (χ3n) is 1.36. The molecule has 0 saturated carbocycles. The van der Waals surface area contributed by atoms with E-state index in [1.54, 1.807) is 27.7 Å². The van der Waals surface area contributed by atoms with Gasteiger partial charge < -0.3 is 20.4 Å². The zero-order valence-electron chi connectivity index (χ0n) is 13.7. The maximum absolute atomic E-state index is 8.24. The topological polar surface area (TPSA) is 80.9 Å². The smallest absolute Gasteiger partial charge is 0.0690 e. The Balaban J connectivity index is -0.0000000533. The molecule has 4 unspecified atom stereocenters. The minimum Gasteiger partial charge on any atom is -0.389 e. The van der Waals surface area contributed by atoms with Gasteiger partial charge in [0.1, 0.15) is 0 Å². The van der Waals surface area contributed by atoms with Crippen LogP contribution in [-0.4, -0.2) is 44.8 Å². The van der Waals surface area contributed by atoms with Gasteiger partial charge in [-0.25, -0.2) is 0 Å². The standard InChI is InChI=1S/4C4H8O.Zr/c4*1-3-4(2)5;/h4*3-5H,1H2,2H3;. The van der Waals surface area contributed by atoms with Crippen LogP contribution in [0.1, 0.15) is 27.7 Å². The Kier molecular flexibility index (Phi) is 43.3. The van der Waals surface area contributed by atoms with Gasteiger partial charge in [0.15, 0.2) is 0 Å². The molecule has 5 heteroatoms. The predicted molar refractivity (Wildman–Crippen MR) is 87.5 cm³/mol. The van der Waals surface area contributed by atoms with E-state index in [0.29, 0.717) is 0 Å². The molecule has 4 N–H and O–H groups in total. The molecule has 0 aromatic carbocycles. The van der Waals surface area contributed by atoms with E-state index >= 15 is 0 Å². The molecule has 0 amide bonds. The monoisotopic (exact) mass is 378 g/mol. The molecule has 0 aliphatic carbocycles. The first-order valence-electron chi connectivity index (χ1n) is 6.31. The van der Waals surface area contributed by atoms with E-state index in [1.165, 1.54) is 24.3 Å². The van der Waals surface area contributed by atoms with Crippen LogP contribution in [0.3, 0.4) is 0 Å². The van der Waals surface area contributed by atoms with Crippen molar-refractivity contribution < 1.29 is 46.6 Å². The Morgan fingerprint density at radius 2 is 0.571 bits per heavy atom. The molecule has 0 aromatic rings. The van der Waals surface area contributed by atoms with Gasteiger partial charge in [-0.3, -0.25) is 0 Å². The predicted octanol–water partition coefficient (Wildman–Crippen LogP) is 2.21. The van der Waals surface area contributed by atoms with Crippen molar-refractivity contribution in [2.75, 3.05) is 0 Å². The van der Waals surface area contributed by atoms with Gasteiger partial charge in [-0.2, -0.15) is 0 Å². The summed E-state index contributed by atoms with van der Waals surface area (Å²) in [4.78, 5) is 0. The first kappa shape index (κ1) is 32.6. The van der Waals surface area contributed by atoms with Crippen molar-refractivity contribution in [3.05, 3.63) is 50.6 Å². The number of aliphatic hydroxyl groups is 4. The molecule has 21 heavy (non-hydrogen) atoms. The first-order valence-corrected chi connectivity index (χ1v) is 6.31. The van der Waals surface area contributed by atoms with E-state index in [-0.39, 0.29) is 50.6 Å². The van der Waals surface area contributed by atoms with Gasteiger partial charge in [-0.05, 0) is 27.7 Å². The Labute approximate surface area is 149 Å². The average molecular weight is 380 g/mol. The van der Waals surface area contributed by atoms with Gasteiger partial charge >= 0.3 is 0 Å². The van der Waals surface area contributed by atoms with Gasteiger partial charge in [-0.1, -0.05) is 24.3 Å². The van der Waals surface area contributed by atoms with Crippen LogP contribution in [0, 0.1) is 0 Å². The Morgan fingerprint density at radius 1 is 0.524 bits per heavy atom. The second-order valence-corrected chi connectivity index (χ2v) is 3.91. The molecule has 124 valence electrons. The molecular formula is C16H32O4Zr. The third-order valence-corrected chi connectivity index (χ3v) is 1.36. The summed E-state index contributed by atoms with van der Waals surface area (Å²) < 4.78 is 0. The fourth-order valence-corrected chi connectivity index (χ4v) is 0. The van der Waals surface area contributed by atoms with Crippen LogP contribution in [-0.2, 0) is 26.2 Å². The maximum Gasteiger partial charge on any atom is 0.0690 e. The van der Waals surface area contributed by atoms with Crippen LogP contribution in [0.15, 0.2) is 50.6 Å². The van der Waals surface area contributed by atoms with Crippen LogP contribution in [0.25, 0.3) is 0 Å². The number of hydrogen-bond acceptors (Lipinski definition) is 4. The summed E-state index contributed by atoms with van der Waals surface area (Å²) in [6.45, 7) is 19.9. The summed E-state index contributed by atoms with van der Waals surface area (Å²) in [5.41, 5.74) is 0. The van der Waals surface area contributed by atoms with Crippen LogP contribution >= 0.6 is 0 Å². The second kappa shape index (κ2) is 27.9. The summed E-state index contributed by atoms with van der Waals surface area (Å²) >= 11 is 0. The molecule has 0 heterocycles. The normalized spacial score (nSPS) is 13.3. The molecule has 4 nitrogen and oxygen atoms in total. The molecular weight excluding hydrogens is 347 g/mol. The summed E-state index contributed by atoms with van der Waals surface area (Å²) in [7, 11) is 0. The van der Waals surface area contributed by atoms with Crippen LogP contribution in [0.5, 0.6) is 0 Å². The van der Waals surface area contributed by atoms with Gasteiger partial charge in [0.05, 0.1) is 24.4 Å². The molecule has 0 aliphatic rings. The molecule has 0 aliphatic heterocycles. The molecule has 0 saturated heterocycles. The van der Waals surface area contributed by atoms with Gasteiger partial charge in [0.2, 0.25) is 0 Å². The molecule has 0 radical (unpaired) electrons. The van der Waals surface area contributed by atoms with E-state index in [1.807, 2.05) is 0 Å². The first-order chi connectivity index (χ1) is 9.08. The number of hydrogen-bond donors (Lipinski definition) is 4. The van der Waals surface area contributed by atoms with Gasteiger partial charge in [0, 0.05) is 26.2 Å². The fraction of sp³-hybridized carbons (Fsp3) is 0.500. The van der Waals surface area contributed by atoms with Crippen molar-refractivity contribution in [1.29, 1.82) is 0 Å². The molecule has 0 fully saturated rings. The zero-order chi connectivity index (χ0) is 17.1. The maximum atomic E-state index is 8.24. The minimum absolute atomic E-state index is 0. The minimum atomic E-state index is -0.352. The molecule has 0 rings (SSSR count). The molecule has 0 aromatic heterocycles. The summed E-state index contributed by atoms with van der Waals surface area (Å²) in [6, 6.07) is 0. The van der Waals surface area contributed by atoms with E-state index in [0.717, 1.165) is 0 Å². The Morgan fingerprint density at radius 3 is 0.571 bits per heavy atom. The van der Waals surface area contributed by atoms with E-state index in [4.69, 9.17) is 20.4 Å². The number of rotatable bonds is 4. The van der Waals surface area contributed by atoms with Crippen molar-refractivity contribution in [1.82, 2.24) is 0 Å². The van der Waals surface area contributed by atoms with Crippen LogP contribution in [0.4, 0.5) is 0 Å². The van der Waals surface area contributed by atoms with E-state index in [2.05, 4.69) is 26.3 Å². The Bertz CT molecular complexity index is 176. The van der Waals surface area contributed by atoms with Crippen LogP contribution in [0.2, 0.25) is 0 Å².